The fourth-order valence-corrected chi connectivity index (χ4v) is 23.0. The molecule has 0 amide bonds. The molecule has 0 aliphatic rings. The third-order valence-electron chi connectivity index (χ3n) is 4.93. The summed E-state index contributed by atoms with van der Waals surface area (Å²) in [6, 6.07) is 1.76. The minimum absolute atomic E-state index is 0.237. The van der Waals surface area contributed by atoms with Gasteiger partial charge in [-0.15, -0.1) is 6.58 Å². The van der Waals surface area contributed by atoms with Gasteiger partial charge in [-0.3, -0.25) is 4.79 Å². The van der Waals surface area contributed by atoms with Gasteiger partial charge in [0.05, 0.1) is 19.1 Å². The lowest BCUT2D eigenvalue weighted by Gasteiger charge is -2.41. The predicted octanol–water partition coefficient (Wildman–Crippen LogP) is 6.11. The highest BCUT2D eigenvalue weighted by molar-refractivity contribution is 6.89. The van der Waals surface area contributed by atoms with Crippen LogP contribution in [-0.4, -0.2) is 58.9 Å². The van der Waals surface area contributed by atoms with Crippen LogP contribution in [0.15, 0.2) is 24.8 Å². The van der Waals surface area contributed by atoms with Gasteiger partial charge in [0.1, 0.15) is 0 Å². The lowest BCUT2D eigenvalue weighted by atomic mass is 10.2. The molecule has 0 rings (SSSR count). The van der Waals surface area contributed by atoms with Crippen molar-refractivity contribution in [1.82, 2.24) is 0 Å². The molecule has 7 nitrogen and oxygen atoms in total. The van der Waals surface area contributed by atoms with E-state index in [-0.39, 0.29) is 17.9 Å². The first kappa shape index (κ1) is 33.2. The first-order valence-electron chi connectivity index (χ1n) is 12.0. The maximum Gasteiger partial charge on any atom is 0.333 e. The van der Waals surface area contributed by atoms with E-state index in [9.17, 15) is 9.59 Å². The lowest BCUT2D eigenvalue weighted by molar-refractivity contribution is -0.146. The summed E-state index contributed by atoms with van der Waals surface area (Å²) < 4.78 is 30.3. The van der Waals surface area contributed by atoms with E-state index >= 15 is 0 Å². The van der Waals surface area contributed by atoms with Crippen molar-refractivity contribution in [2.24, 2.45) is 5.92 Å². The molecule has 0 saturated heterocycles. The van der Waals surface area contributed by atoms with E-state index in [0.717, 1.165) is 24.9 Å². The predicted molar refractivity (Wildman–Crippen MR) is 148 cm³/mol. The van der Waals surface area contributed by atoms with E-state index in [2.05, 4.69) is 65.5 Å². The summed E-state index contributed by atoms with van der Waals surface area (Å²) in [6.07, 6.45) is 3.12. The third kappa shape index (κ3) is 15.2. The van der Waals surface area contributed by atoms with Crippen LogP contribution in [0, 0.1) is 5.92 Å². The molecule has 0 spiro atoms. The highest BCUT2D eigenvalue weighted by Crippen LogP contribution is 2.27. The molecule has 11 heteroatoms. The Bertz CT molecular complexity index is 705. The van der Waals surface area contributed by atoms with Crippen LogP contribution in [0.3, 0.4) is 0 Å². The van der Waals surface area contributed by atoms with Gasteiger partial charge >= 0.3 is 29.1 Å². The molecule has 1 atom stereocenters. The topological polar surface area (TPSA) is 80.3 Å². The number of esters is 2. The third-order valence-corrected chi connectivity index (χ3v) is 20.3. The van der Waals surface area contributed by atoms with Crippen LogP contribution in [0.1, 0.15) is 26.7 Å². The Hall–Kier alpha value is -0.832. The van der Waals surface area contributed by atoms with Crippen LogP contribution in [0.2, 0.25) is 64.5 Å². The maximum absolute atomic E-state index is 11.8. The Kier molecular flexibility index (Phi) is 13.7. The van der Waals surface area contributed by atoms with E-state index in [1.54, 1.807) is 19.9 Å². The van der Waals surface area contributed by atoms with Crippen LogP contribution >= 0.6 is 0 Å². The van der Waals surface area contributed by atoms with Crippen LogP contribution in [0.25, 0.3) is 0 Å². The number of rotatable bonds is 17. The molecular weight excluding hydrogens is 501 g/mol. The van der Waals surface area contributed by atoms with Gasteiger partial charge in [-0.1, -0.05) is 12.7 Å². The van der Waals surface area contributed by atoms with Gasteiger partial charge in [0.25, 0.3) is 0 Å². The van der Waals surface area contributed by atoms with Crippen molar-refractivity contribution in [3.8, 4) is 0 Å². The van der Waals surface area contributed by atoms with E-state index in [4.69, 9.17) is 21.8 Å². The molecule has 0 aromatic rings. The number of hydrogen-bond acceptors (Lipinski definition) is 7. The zero-order valence-electron chi connectivity index (χ0n) is 23.2. The standard InChI is InChI=1S/C23H48O7Si4/c1-13-21(4)23(25)27-17-15-19-32(7,8)29-34(11,12)30-33(9,10)28-31(5,6)18-14-16-26-22(24)20(2)3/h13,21H,1-2,14-19H2,3-12H3. The van der Waals surface area contributed by atoms with Crippen molar-refractivity contribution in [2.75, 3.05) is 13.2 Å². The molecule has 0 heterocycles. The fraction of sp³-hybridized carbons (Fsp3) is 0.739. The minimum atomic E-state index is -2.42. The molecule has 0 radical (unpaired) electrons. The van der Waals surface area contributed by atoms with Gasteiger partial charge in [-0.25, -0.2) is 4.79 Å². The molecule has 0 aromatic heterocycles. The van der Waals surface area contributed by atoms with Gasteiger partial charge in [0, 0.05) is 5.57 Å². The second-order valence-corrected chi connectivity index (χ2v) is 27.0. The zero-order valence-corrected chi connectivity index (χ0v) is 27.2. The largest absolute Gasteiger partial charge is 0.465 e. The Labute approximate surface area is 212 Å². The Balaban J connectivity index is 4.66. The molecule has 0 saturated carbocycles. The van der Waals surface area contributed by atoms with Crippen molar-refractivity contribution in [1.29, 1.82) is 0 Å². The van der Waals surface area contributed by atoms with Crippen molar-refractivity contribution in [3.05, 3.63) is 24.8 Å². The second-order valence-electron chi connectivity index (χ2n) is 10.9. The number of hydrogen-bond donors (Lipinski definition) is 0. The maximum atomic E-state index is 11.8. The molecule has 0 N–H and O–H groups in total. The molecule has 0 aliphatic carbocycles. The van der Waals surface area contributed by atoms with Crippen molar-refractivity contribution >= 4 is 45.7 Å². The number of carbonyl (C=O) groups is 2. The Morgan fingerprint density at radius 1 is 0.794 bits per heavy atom. The van der Waals surface area contributed by atoms with E-state index in [1.165, 1.54) is 0 Å². The fourth-order valence-electron chi connectivity index (χ4n) is 3.75. The summed E-state index contributed by atoms with van der Waals surface area (Å²) >= 11 is 0. The normalized spacial score (nSPS) is 13.8. The average molecular weight is 549 g/mol. The molecule has 34 heavy (non-hydrogen) atoms. The molecule has 0 aromatic carbocycles. The quantitative estimate of drug-likeness (QED) is 0.0712. The Morgan fingerprint density at radius 2 is 1.21 bits per heavy atom. The Morgan fingerprint density at radius 3 is 1.59 bits per heavy atom. The average Bonchev–Trinajstić information content (AvgIpc) is 2.64. The summed E-state index contributed by atoms with van der Waals surface area (Å²) in [6.45, 7) is 28.4. The van der Waals surface area contributed by atoms with Gasteiger partial charge in [0.2, 0.25) is 0 Å². The summed E-state index contributed by atoms with van der Waals surface area (Å²) in [5, 5.41) is 0. The zero-order chi connectivity index (χ0) is 26.8. The monoisotopic (exact) mass is 548 g/mol. The number of ether oxygens (including phenoxy) is 2. The van der Waals surface area contributed by atoms with Crippen LogP contribution in [0.4, 0.5) is 0 Å². The van der Waals surface area contributed by atoms with Crippen LogP contribution in [-0.2, 0) is 31.4 Å². The van der Waals surface area contributed by atoms with Gasteiger partial charge in [-0.05, 0) is 91.2 Å². The highest BCUT2D eigenvalue weighted by Gasteiger charge is 2.43. The summed E-state index contributed by atoms with van der Waals surface area (Å²) in [7, 11) is -8.85. The van der Waals surface area contributed by atoms with E-state index in [1.807, 2.05) is 0 Å². The molecular formula is C23H48O7Si4. The first-order valence-corrected chi connectivity index (χ1v) is 23.9. The summed E-state index contributed by atoms with van der Waals surface area (Å²) in [5.74, 6) is -0.869. The summed E-state index contributed by atoms with van der Waals surface area (Å²) in [5.41, 5.74) is 0.414. The molecule has 1 unspecified atom stereocenters. The van der Waals surface area contributed by atoms with Gasteiger partial charge < -0.3 is 21.8 Å². The SMILES string of the molecule is C=CC(C)C(=O)OCCC[Si](C)(C)O[Si](C)(C)O[Si](C)(C)O[Si](C)(C)CCCOC(=O)C(=C)C. The highest BCUT2D eigenvalue weighted by atomic mass is 28.5. The number of carbonyl (C=O) groups excluding carboxylic acids is 2. The summed E-state index contributed by atoms with van der Waals surface area (Å²) in [4.78, 5) is 23.3. The van der Waals surface area contributed by atoms with Crippen molar-refractivity contribution in [3.63, 3.8) is 0 Å². The molecule has 0 bridgehead atoms. The lowest BCUT2D eigenvalue weighted by Crippen LogP contribution is -2.56. The van der Waals surface area contributed by atoms with E-state index < -0.39 is 33.8 Å². The molecule has 198 valence electrons. The minimum Gasteiger partial charge on any atom is -0.465 e. The van der Waals surface area contributed by atoms with Crippen molar-refractivity contribution in [2.45, 2.75) is 91.2 Å². The first-order chi connectivity index (χ1) is 15.3. The van der Waals surface area contributed by atoms with E-state index in [0.29, 0.717) is 18.8 Å². The molecule has 0 aliphatic heterocycles. The van der Waals surface area contributed by atoms with Crippen molar-refractivity contribution < 1.29 is 31.4 Å². The molecule has 0 fully saturated rings. The van der Waals surface area contributed by atoms with Crippen LogP contribution in [0.5, 0.6) is 0 Å². The second kappa shape index (κ2) is 14.0. The van der Waals surface area contributed by atoms with Crippen LogP contribution < -0.4 is 0 Å². The smallest absolute Gasteiger partial charge is 0.333 e. The van der Waals surface area contributed by atoms with Gasteiger partial charge in [-0.2, -0.15) is 0 Å². The van der Waals surface area contributed by atoms with Gasteiger partial charge in [0.15, 0.2) is 16.6 Å².